The predicted octanol–water partition coefficient (Wildman–Crippen LogP) is 1.80. The summed E-state index contributed by atoms with van der Waals surface area (Å²) in [5, 5.41) is 10.8. The van der Waals surface area contributed by atoms with Crippen molar-refractivity contribution in [2.75, 3.05) is 13.7 Å². The average molecular weight is 266 g/mol. The van der Waals surface area contributed by atoms with Gasteiger partial charge in [0.15, 0.2) is 0 Å². The molecular weight excluding hydrogens is 252 g/mol. The summed E-state index contributed by atoms with van der Waals surface area (Å²) in [4.78, 5) is 25.1. The number of nitrogens with zero attached hydrogens (tertiary/aromatic N) is 2. The maximum atomic E-state index is 11.1. The lowest BCUT2D eigenvalue weighted by Crippen LogP contribution is -2.05. The first-order valence-corrected chi connectivity index (χ1v) is 5.45. The molecule has 19 heavy (non-hydrogen) atoms. The van der Waals surface area contributed by atoms with Gasteiger partial charge in [0.05, 0.1) is 7.11 Å². The number of nitro groups is 1. The highest BCUT2D eigenvalue weighted by Crippen LogP contribution is 2.24. The van der Waals surface area contributed by atoms with Gasteiger partial charge >= 0.3 is 11.8 Å². The Kier molecular flexibility index (Phi) is 4.99. The van der Waals surface area contributed by atoms with Crippen molar-refractivity contribution >= 4 is 11.8 Å². The number of hydrogen-bond acceptors (Lipinski definition) is 6. The minimum atomic E-state index is -0.612. The number of carbonyl (C=O) groups excluding carboxylic acids is 1. The molecule has 0 amide bonds. The molecule has 102 valence electrons. The van der Waals surface area contributed by atoms with E-state index in [2.05, 4.69) is 9.72 Å². The molecule has 0 aromatic carbocycles. The number of aromatic nitrogens is 1. The van der Waals surface area contributed by atoms with Crippen molar-refractivity contribution in [1.29, 1.82) is 0 Å². The van der Waals surface area contributed by atoms with E-state index in [0.29, 0.717) is 11.3 Å². The molecule has 7 heteroatoms. The predicted molar refractivity (Wildman–Crippen MR) is 66.9 cm³/mol. The molecule has 1 aromatic rings. The van der Waals surface area contributed by atoms with E-state index in [1.54, 1.807) is 19.9 Å². The van der Waals surface area contributed by atoms with Gasteiger partial charge in [-0.25, -0.2) is 4.79 Å². The topological polar surface area (TPSA) is 91.6 Å². The van der Waals surface area contributed by atoms with Gasteiger partial charge in [-0.15, -0.1) is 0 Å². The molecule has 0 saturated carbocycles. The van der Waals surface area contributed by atoms with Crippen LogP contribution in [-0.4, -0.2) is 29.6 Å². The second-order valence-electron chi connectivity index (χ2n) is 3.72. The standard InChI is InChI=1S/C12H14N2O5/c1-8(12(15)18-3)6-7-19-10-5-4-9(2)13-11(10)14(16)17/h4-6H,7H2,1-3H3. The Labute approximate surface area is 110 Å². The lowest BCUT2D eigenvalue weighted by atomic mass is 10.3. The summed E-state index contributed by atoms with van der Waals surface area (Å²) >= 11 is 0. The molecule has 0 spiro atoms. The van der Waals surface area contributed by atoms with Crippen LogP contribution in [0.5, 0.6) is 5.75 Å². The van der Waals surface area contributed by atoms with Crippen molar-refractivity contribution in [3.8, 4) is 5.75 Å². The Morgan fingerprint density at radius 3 is 2.79 bits per heavy atom. The first kappa shape index (κ1) is 14.6. The summed E-state index contributed by atoms with van der Waals surface area (Å²) in [5.41, 5.74) is 0.894. The molecule has 0 atom stereocenters. The Morgan fingerprint density at radius 2 is 2.21 bits per heavy atom. The number of ether oxygens (including phenoxy) is 2. The minimum Gasteiger partial charge on any atom is -0.481 e. The Hall–Kier alpha value is -2.44. The van der Waals surface area contributed by atoms with E-state index in [0.717, 1.165) is 0 Å². The number of pyridine rings is 1. The lowest BCUT2D eigenvalue weighted by Gasteiger charge is -2.04. The fraction of sp³-hybridized carbons (Fsp3) is 0.333. The van der Waals surface area contributed by atoms with E-state index in [1.807, 2.05) is 0 Å². The van der Waals surface area contributed by atoms with Gasteiger partial charge < -0.3 is 19.6 Å². The molecule has 7 nitrogen and oxygen atoms in total. The molecular formula is C12H14N2O5. The molecule has 0 aliphatic rings. The number of esters is 1. The highest BCUT2D eigenvalue weighted by molar-refractivity contribution is 5.87. The quantitative estimate of drug-likeness (QED) is 0.349. The normalized spacial score (nSPS) is 11.0. The largest absolute Gasteiger partial charge is 0.481 e. The molecule has 0 unspecified atom stereocenters. The Bertz CT molecular complexity index is 525. The zero-order valence-electron chi connectivity index (χ0n) is 10.9. The summed E-state index contributed by atoms with van der Waals surface area (Å²) in [7, 11) is 1.27. The SMILES string of the molecule is COC(=O)C(C)=CCOc1ccc(C)nc1[N+](=O)[O-]. The van der Waals surface area contributed by atoms with E-state index in [9.17, 15) is 14.9 Å². The first-order chi connectivity index (χ1) is 8.95. The van der Waals surface area contributed by atoms with E-state index < -0.39 is 10.9 Å². The van der Waals surface area contributed by atoms with Crippen LogP contribution in [-0.2, 0) is 9.53 Å². The lowest BCUT2D eigenvalue weighted by molar-refractivity contribution is -0.390. The number of rotatable bonds is 5. The minimum absolute atomic E-state index is 0.0204. The second-order valence-corrected chi connectivity index (χ2v) is 3.72. The van der Waals surface area contributed by atoms with Gasteiger partial charge in [-0.2, -0.15) is 0 Å². The molecule has 0 aliphatic heterocycles. The van der Waals surface area contributed by atoms with Gasteiger partial charge in [0.25, 0.3) is 0 Å². The molecule has 0 N–H and O–H groups in total. The summed E-state index contributed by atoms with van der Waals surface area (Å²) < 4.78 is 9.74. The second kappa shape index (κ2) is 6.48. The first-order valence-electron chi connectivity index (χ1n) is 5.45. The van der Waals surface area contributed by atoms with Gasteiger partial charge in [-0.05, 0) is 35.0 Å². The average Bonchev–Trinajstić information content (AvgIpc) is 2.38. The van der Waals surface area contributed by atoms with Crippen LogP contribution in [0.2, 0.25) is 0 Å². The molecule has 0 aliphatic carbocycles. The summed E-state index contributed by atoms with van der Waals surface area (Å²) in [6.45, 7) is 3.24. The summed E-state index contributed by atoms with van der Waals surface area (Å²) in [6, 6.07) is 3.08. The van der Waals surface area contributed by atoms with Crippen LogP contribution in [0, 0.1) is 17.0 Å². The maximum Gasteiger partial charge on any atom is 0.406 e. The van der Waals surface area contributed by atoms with Gasteiger partial charge in [0.2, 0.25) is 5.75 Å². The highest BCUT2D eigenvalue weighted by atomic mass is 16.6. The van der Waals surface area contributed by atoms with Crippen molar-refractivity contribution in [3.63, 3.8) is 0 Å². The van der Waals surface area contributed by atoms with Crippen LogP contribution >= 0.6 is 0 Å². The summed E-state index contributed by atoms with van der Waals surface area (Å²) in [5.74, 6) is -0.756. The van der Waals surface area contributed by atoms with Crippen LogP contribution in [0.25, 0.3) is 0 Å². The third kappa shape index (κ3) is 4.06. The maximum absolute atomic E-state index is 11.1. The fourth-order valence-electron chi connectivity index (χ4n) is 1.27. The number of hydrogen-bond donors (Lipinski definition) is 0. The zero-order valence-corrected chi connectivity index (χ0v) is 10.9. The van der Waals surface area contributed by atoms with Crippen LogP contribution in [0.1, 0.15) is 12.6 Å². The molecule has 0 radical (unpaired) electrons. The Balaban J connectivity index is 2.79. The van der Waals surface area contributed by atoms with Crippen molar-refractivity contribution in [2.45, 2.75) is 13.8 Å². The zero-order chi connectivity index (χ0) is 14.4. The van der Waals surface area contributed by atoms with Crippen LogP contribution in [0.4, 0.5) is 5.82 Å². The smallest absolute Gasteiger partial charge is 0.406 e. The van der Waals surface area contributed by atoms with Gasteiger partial charge in [0, 0.05) is 12.5 Å². The van der Waals surface area contributed by atoms with Gasteiger partial charge in [0.1, 0.15) is 12.3 Å². The van der Waals surface area contributed by atoms with Gasteiger partial charge in [-0.3, -0.25) is 0 Å². The number of methoxy groups -OCH3 is 1. The highest BCUT2D eigenvalue weighted by Gasteiger charge is 2.17. The van der Waals surface area contributed by atoms with Crippen molar-refractivity contribution < 1.29 is 19.2 Å². The molecule has 0 fully saturated rings. The molecule has 0 saturated heterocycles. The monoisotopic (exact) mass is 266 g/mol. The number of carbonyl (C=O) groups is 1. The third-order valence-corrected chi connectivity index (χ3v) is 2.29. The summed E-state index contributed by atoms with van der Waals surface area (Å²) in [6.07, 6.45) is 1.48. The van der Waals surface area contributed by atoms with Crippen LogP contribution < -0.4 is 4.74 Å². The third-order valence-electron chi connectivity index (χ3n) is 2.29. The molecule has 1 aromatic heterocycles. The number of aryl methyl sites for hydroxylation is 1. The molecule has 0 bridgehead atoms. The Morgan fingerprint density at radius 1 is 1.53 bits per heavy atom. The fourth-order valence-corrected chi connectivity index (χ4v) is 1.27. The van der Waals surface area contributed by atoms with Gasteiger partial charge in [-0.1, -0.05) is 0 Å². The van der Waals surface area contributed by atoms with E-state index in [1.165, 1.54) is 19.3 Å². The van der Waals surface area contributed by atoms with E-state index in [-0.39, 0.29) is 18.2 Å². The molecule has 1 heterocycles. The van der Waals surface area contributed by atoms with E-state index >= 15 is 0 Å². The van der Waals surface area contributed by atoms with Crippen molar-refractivity contribution in [2.24, 2.45) is 0 Å². The van der Waals surface area contributed by atoms with Crippen molar-refractivity contribution in [3.05, 3.63) is 39.6 Å². The molecule has 1 rings (SSSR count). The van der Waals surface area contributed by atoms with Crippen LogP contribution in [0.15, 0.2) is 23.8 Å². The van der Waals surface area contributed by atoms with Crippen molar-refractivity contribution in [1.82, 2.24) is 4.98 Å². The van der Waals surface area contributed by atoms with E-state index in [4.69, 9.17) is 4.74 Å². The van der Waals surface area contributed by atoms with Crippen LogP contribution in [0.3, 0.4) is 0 Å².